The topological polar surface area (TPSA) is 71.3 Å². The van der Waals surface area contributed by atoms with Gasteiger partial charge in [-0.05, 0) is 37.3 Å². The number of aromatic nitrogens is 2. The number of hydrogen-bond donors (Lipinski definition) is 1. The Morgan fingerprint density at radius 3 is 3.17 bits per heavy atom. The van der Waals surface area contributed by atoms with Crippen molar-refractivity contribution in [2.75, 3.05) is 13.1 Å². The van der Waals surface area contributed by atoms with E-state index in [9.17, 15) is 4.79 Å². The van der Waals surface area contributed by atoms with E-state index >= 15 is 0 Å². The van der Waals surface area contributed by atoms with Crippen LogP contribution in [0.3, 0.4) is 0 Å². The standard InChI is InChI=1S/C17H22N4O2S/c22-15(18-13-6-9-21-8-2-1-3-14(13)21)4-5-16-19-20-17(23-16)12-7-10-24-11-12/h7,10-11,13-14H,1-6,8-9H2,(H,18,22). The van der Waals surface area contributed by atoms with Gasteiger partial charge in [0, 0.05) is 42.4 Å². The fraction of sp³-hybridized carbons (Fsp3) is 0.588. The molecule has 4 rings (SSSR count). The van der Waals surface area contributed by atoms with Gasteiger partial charge < -0.3 is 9.73 Å². The fourth-order valence-corrected chi connectivity index (χ4v) is 4.40. The molecule has 7 heteroatoms. The van der Waals surface area contributed by atoms with E-state index in [0.29, 0.717) is 36.7 Å². The summed E-state index contributed by atoms with van der Waals surface area (Å²) in [6.45, 7) is 2.30. The quantitative estimate of drug-likeness (QED) is 0.900. The summed E-state index contributed by atoms with van der Waals surface area (Å²) in [4.78, 5) is 14.8. The molecule has 0 aliphatic carbocycles. The van der Waals surface area contributed by atoms with E-state index in [1.54, 1.807) is 11.3 Å². The van der Waals surface area contributed by atoms with Crippen molar-refractivity contribution in [1.82, 2.24) is 20.4 Å². The minimum absolute atomic E-state index is 0.0858. The van der Waals surface area contributed by atoms with E-state index in [4.69, 9.17) is 4.42 Å². The minimum Gasteiger partial charge on any atom is -0.421 e. The molecular weight excluding hydrogens is 324 g/mol. The van der Waals surface area contributed by atoms with Gasteiger partial charge in [0.2, 0.25) is 17.7 Å². The van der Waals surface area contributed by atoms with Crippen molar-refractivity contribution in [2.45, 2.75) is 50.6 Å². The first-order valence-electron chi connectivity index (χ1n) is 8.68. The molecule has 0 aromatic carbocycles. The van der Waals surface area contributed by atoms with E-state index in [1.807, 2.05) is 16.8 Å². The summed E-state index contributed by atoms with van der Waals surface area (Å²) in [7, 11) is 0. The maximum absolute atomic E-state index is 12.3. The van der Waals surface area contributed by atoms with Crippen LogP contribution in [0.25, 0.3) is 11.5 Å². The lowest BCUT2D eigenvalue weighted by Crippen LogP contribution is -2.46. The number of nitrogens with zero attached hydrogens (tertiary/aromatic N) is 3. The van der Waals surface area contributed by atoms with Crippen LogP contribution >= 0.6 is 11.3 Å². The number of amides is 1. The summed E-state index contributed by atoms with van der Waals surface area (Å²) in [6, 6.07) is 2.79. The molecule has 2 aromatic rings. The number of carbonyl (C=O) groups excluding carboxylic acids is 1. The number of aryl methyl sites for hydroxylation is 1. The predicted octanol–water partition coefficient (Wildman–Crippen LogP) is 2.47. The number of rotatable bonds is 5. The first kappa shape index (κ1) is 15.8. The molecule has 0 radical (unpaired) electrons. The van der Waals surface area contributed by atoms with Crippen molar-refractivity contribution >= 4 is 17.2 Å². The van der Waals surface area contributed by atoms with Crippen LogP contribution in [0.4, 0.5) is 0 Å². The van der Waals surface area contributed by atoms with Gasteiger partial charge in [-0.3, -0.25) is 9.69 Å². The summed E-state index contributed by atoms with van der Waals surface area (Å²) in [5.74, 6) is 1.14. The van der Waals surface area contributed by atoms with Crippen LogP contribution in [0, 0.1) is 0 Å². The van der Waals surface area contributed by atoms with Crippen molar-refractivity contribution < 1.29 is 9.21 Å². The number of piperidine rings is 1. The predicted molar refractivity (Wildman–Crippen MR) is 91.7 cm³/mol. The van der Waals surface area contributed by atoms with E-state index in [0.717, 1.165) is 18.5 Å². The third-order valence-corrected chi connectivity index (χ3v) is 5.69. The monoisotopic (exact) mass is 346 g/mol. The molecule has 2 aromatic heterocycles. The van der Waals surface area contributed by atoms with E-state index < -0.39 is 0 Å². The molecule has 0 saturated carbocycles. The Kier molecular flexibility index (Phi) is 4.62. The summed E-state index contributed by atoms with van der Waals surface area (Å²) < 4.78 is 5.63. The number of hydrogen-bond acceptors (Lipinski definition) is 6. The molecule has 2 saturated heterocycles. The molecule has 1 N–H and O–H groups in total. The van der Waals surface area contributed by atoms with Crippen LogP contribution in [0.15, 0.2) is 21.2 Å². The normalized spacial score (nSPS) is 24.0. The van der Waals surface area contributed by atoms with Crippen LogP contribution in [-0.4, -0.2) is 46.2 Å². The zero-order chi connectivity index (χ0) is 16.4. The van der Waals surface area contributed by atoms with Crippen molar-refractivity contribution in [3.8, 4) is 11.5 Å². The third kappa shape index (κ3) is 3.37. The van der Waals surface area contributed by atoms with Crippen LogP contribution in [0.1, 0.15) is 38.0 Å². The van der Waals surface area contributed by atoms with Crippen molar-refractivity contribution in [2.24, 2.45) is 0 Å². The highest BCUT2D eigenvalue weighted by atomic mass is 32.1. The zero-order valence-corrected chi connectivity index (χ0v) is 14.4. The fourth-order valence-electron chi connectivity index (χ4n) is 3.77. The molecular formula is C17H22N4O2S. The lowest BCUT2D eigenvalue weighted by atomic mass is 9.99. The van der Waals surface area contributed by atoms with E-state index in [1.165, 1.54) is 25.8 Å². The maximum Gasteiger partial charge on any atom is 0.248 e. The molecule has 6 nitrogen and oxygen atoms in total. The second kappa shape index (κ2) is 7.03. The molecule has 128 valence electrons. The number of carbonyl (C=O) groups is 1. The smallest absolute Gasteiger partial charge is 0.248 e. The summed E-state index contributed by atoms with van der Waals surface area (Å²) in [6.07, 6.45) is 5.73. The van der Waals surface area contributed by atoms with Crippen molar-refractivity contribution in [3.63, 3.8) is 0 Å². The molecule has 4 heterocycles. The molecule has 2 aliphatic heterocycles. The van der Waals surface area contributed by atoms with Crippen LogP contribution < -0.4 is 5.32 Å². The van der Waals surface area contributed by atoms with Gasteiger partial charge in [0.1, 0.15) is 0 Å². The second-order valence-electron chi connectivity index (χ2n) is 6.57. The molecule has 2 fully saturated rings. The molecule has 0 bridgehead atoms. The lowest BCUT2D eigenvalue weighted by Gasteiger charge is -2.32. The van der Waals surface area contributed by atoms with Gasteiger partial charge in [-0.15, -0.1) is 10.2 Å². The van der Waals surface area contributed by atoms with Gasteiger partial charge in [0.25, 0.3) is 0 Å². The maximum atomic E-state index is 12.3. The lowest BCUT2D eigenvalue weighted by molar-refractivity contribution is -0.122. The highest BCUT2D eigenvalue weighted by Gasteiger charge is 2.36. The molecule has 24 heavy (non-hydrogen) atoms. The highest BCUT2D eigenvalue weighted by Crippen LogP contribution is 2.27. The Morgan fingerprint density at radius 2 is 2.29 bits per heavy atom. The Morgan fingerprint density at radius 1 is 1.33 bits per heavy atom. The SMILES string of the molecule is O=C(CCc1nnc(-c2ccsc2)o1)NC1CCN2CCCCC12. The molecule has 2 aliphatic rings. The Bertz CT molecular complexity index is 685. The Labute approximate surface area is 145 Å². The molecule has 2 atom stereocenters. The van der Waals surface area contributed by atoms with Crippen LogP contribution in [-0.2, 0) is 11.2 Å². The zero-order valence-electron chi connectivity index (χ0n) is 13.6. The average molecular weight is 346 g/mol. The first-order valence-corrected chi connectivity index (χ1v) is 9.62. The molecule has 2 unspecified atom stereocenters. The average Bonchev–Trinajstić information content (AvgIpc) is 3.34. The summed E-state index contributed by atoms with van der Waals surface area (Å²) in [5, 5.41) is 15.2. The molecule has 0 spiro atoms. The highest BCUT2D eigenvalue weighted by molar-refractivity contribution is 7.08. The number of thiophene rings is 1. The minimum atomic E-state index is 0.0858. The number of nitrogens with one attached hydrogen (secondary N) is 1. The van der Waals surface area contributed by atoms with Gasteiger partial charge in [-0.1, -0.05) is 6.42 Å². The Balaban J connectivity index is 1.28. The van der Waals surface area contributed by atoms with E-state index in [-0.39, 0.29) is 5.91 Å². The van der Waals surface area contributed by atoms with Crippen molar-refractivity contribution in [1.29, 1.82) is 0 Å². The first-order chi connectivity index (χ1) is 11.8. The van der Waals surface area contributed by atoms with E-state index in [2.05, 4.69) is 20.4 Å². The van der Waals surface area contributed by atoms with Gasteiger partial charge in [0.15, 0.2) is 0 Å². The van der Waals surface area contributed by atoms with Gasteiger partial charge in [-0.2, -0.15) is 11.3 Å². The van der Waals surface area contributed by atoms with Crippen molar-refractivity contribution in [3.05, 3.63) is 22.7 Å². The summed E-state index contributed by atoms with van der Waals surface area (Å²) in [5.41, 5.74) is 0.937. The largest absolute Gasteiger partial charge is 0.421 e. The Hall–Kier alpha value is -1.73. The van der Waals surface area contributed by atoms with Crippen LogP contribution in [0.5, 0.6) is 0 Å². The van der Waals surface area contributed by atoms with Crippen LogP contribution in [0.2, 0.25) is 0 Å². The second-order valence-corrected chi connectivity index (χ2v) is 7.35. The van der Waals surface area contributed by atoms with Gasteiger partial charge in [0.05, 0.1) is 0 Å². The third-order valence-electron chi connectivity index (χ3n) is 5.00. The van der Waals surface area contributed by atoms with Gasteiger partial charge in [-0.25, -0.2) is 0 Å². The van der Waals surface area contributed by atoms with Gasteiger partial charge >= 0.3 is 0 Å². The number of fused-ring (bicyclic) bond motifs is 1. The molecule has 1 amide bonds. The summed E-state index contributed by atoms with van der Waals surface area (Å²) >= 11 is 1.59.